The molecule has 0 spiro atoms. The largest absolute Gasteiger partial charge is 0.254 e. The first kappa shape index (κ1) is 12.4. The zero-order valence-electron chi connectivity index (χ0n) is 9.45. The van der Waals surface area contributed by atoms with Gasteiger partial charge in [0.15, 0.2) is 0 Å². The third kappa shape index (κ3) is 5.12. The molecule has 1 aromatic rings. The molecule has 1 nitrogen and oxygen atoms in total. The molecule has 15 heavy (non-hydrogen) atoms. The van der Waals surface area contributed by atoms with Crippen molar-refractivity contribution in [2.75, 3.05) is 5.75 Å². The topological polar surface area (TPSA) is 17.1 Å². The lowest BCUT2D eigenvalue weighted by atomic mass is 10.2. The van der Waals surface area contributed by atoms with E-state index in [-0.39, 0.29) is 0 Å². The van der Waals surface area contributed by atoms with Crippen molar-refractivity contribution in [1.29, 1.82) is 0 Å². The highest BCUT2D eigenvalue weighted by atomic mass is 32.2. The zero-order chi connectivity index (χ0) is 10.9. The Morgan fingerprint density at radius 2 is 1.67 bits per heavy atom. The second-order valence-electron chi connectivity index (χ2n) is 3.78. The molecule has 1 unspecified atom stereocenters. The molecule has 0 bridgehead atoms. The van der Waals surface area contributed by atoms with Gasteiger partial charge in [0, 0.05) is 10.6 Å². The molecule has 0 saturated heterocycles. The van der Waals surface area contributed by atoms with Crippen LogP contribution in [-0.4, -0.2) is 9.96 Å². The molecule has 0 aromatic heterocycles. The maximum Gasteiger partial charge on any atom is 0.0529 e. The summed E-state index contributed by atoms with van der Waals surface area (Å²) in [5.41, 5.74) is 0. The van der Waals surface area contributed by atoms with E-state index in [2.05, 4.69) is 6.92 Å². The van der Waals surface area contributed by atoms with Crippen LogP contribution in [0.2, 0.25) is 0 Å². The molecule has 0 fully saturated rings. The fourth-order valence-corrected chi connectivity index (χ4v) is 2.69. The van der Waals surface area contributed by atoms with Gasteiger partial charge >= 0.3 is 0 Å². The summed E-state index contributed by atoms with van der Waals surface area (Å²) in [7, 11) is -0.789. The minimum Gasteiger partial charge on any atom is -0.254 e. The lowest BCUT2D eigenvalue weighted by Crippen LogP contribution is -1.97. The van der Waals surface area contributed by atoms with Gasteiger partial charge in [-0.2, -0.15) is 0 Å². The van der Waals surface area contributed by atoms with Crippen LogP contribution in [-0.2, 0) is 10.8 Å². The summed E-state index contributed by atoms with van der Waals surface area (Å²) in [5, 5.41) is 0. The molecule has 0 aliphatic rings. The van der Waals surface area contributed by atoms with E-state index in [1.165, 1.54) is 25.7 Å². The van der Waals surface area contributed by atoms with Gasteiger partial charge in [0.1, 0.15) is 0 Å². The van der Waals surface area contributed by atoms with Crippen LogP contribution in [0.5, 0.6) is 0 Å². The van der Waals surface area contributed by atoms with Crippen molar-refractivity contribution in [2.24, 2.45) is 0 Å². The summed E-state index contributed by atoms with van der Waals surface area (Å²) in [6.45, 7) is 2.21. The average molecular weight is 224 g/mol. The second kappa shape index (κ2) is 7.63. The van der Waals surface area contributed by atoms with Crippen molar-refractivity contribution in [3.8, 4) is 0 Å². The van der Waals surface area contributed by atoms with E-state index in [0.29, 0.717) is 0 Å². The Hall–Kier alpha value is -0.630. The van der Waals surface area contributed by atoms with Crippen LogP contribution in [0.3, 0.4) is 0 Å². The molecule has 1 aromatic carbocycles. The van der Waals surface area contributed by atoms with E-state index in [0.717, 1.165) is 17.1 Å². The number of unbranched alkanes of at least 4 members (excludes halogenated alkanes) is 4. The molecule has 0 saturated carbocycles. The Morgan fingerprint density at radius 1 is 1.00 bits per heavy atom. The summed E-state index contributed by atoms with van der Waals surface area (Å²) in [4.78, 5) is 0.966. The molecule has 1 rings (SSSR count). The second-order valence-corrected chi connectivity index (χ2v) is 5.35. The first-order valence-electron chi connectivity index (χ1n) is 5.78. The van der Waals surface area contributed by atoms with E-state index in [1.54, 1.807) is 0 Å². The van der Waals surface area contributed by atoms with Gasteiger partial charge in [0.2, 0.25) is 0 Å². The Balaban J connectivity index is 2.20. The van der Waals surface area contributed by atoms with Crippen molar-refractivity contribution >= 4 is 10.8 Å². The van der Waals surface area contributed by atoms with Crippen LogP contribution in [0.15, 0.2) is 35.2 Å². The van der Waals surface area contributed by atoms with Gasteiger partial charge in [-0.1, -0.05) is 50.8 Å². The predicted octanol–water partition coefficient (Wildman–Crippen LogP) is 3.76. The maximum atomic E-state index is 11.8. The quantitative estimate of drug-likeness (QED) is 0.644. The van der Waals surface area contributed by atoms with Gasteiger partial charge in [-0.3, -0.25) is 4.21 Å². The number of benzene rings is 1. The standard InChI is InChI=1S/C13H20OS/c1-2-3-4-5-9-12-15(14)13-10-7-6-8-11-13/h6-8,10-11H,2-5,9,12H2,1H3. The van der Waals surface area contributed by atoms with E-state index in [1.807, 2.05) is 30.3 Å². The number of rotatable bonds is 7. The maximum absolute atomic E-state index is 11.8. The molecule has 84 valence electrons. The first-order chi connectivity index (χ1) is 7.34. The fraction of sp³-hybridized carbons (Fsp3) is 0.538. The van der Waals surface area contributed by atoms with Gasteiger partial charge in [-0.25, -0.2) is 0 Å². The van der Waals surface area contributed by atoms with Gasteiger partial charge in [0.05, 0.1) is 10.8 Å². The number of hydrogen-bond donors (Lipinski definition) is 0. The minimum absolute atomic E-state index is 0.789. The Labute approximate surface area is 95.4 Å². The summed E-state index contributed by atoms with van der Waals surface area (Å²) in [6, 6.07) is 9.75. The third-order valence-electron chi connectivity index (χ3n) is 2.44. The smallest absolute Gasteiger partial charge is 0.0529 e. The lowest BCUT2D eigenvalue weighted by molar-refractivity contribution is 0.647. The van der Waals surface area contributed by atoms with E-state index >= 15 is 0 Å². The zero-order valence-corrected chi connectivity index (χ0v) is 10.3. The van der Waals surface area contributed by atoms with Crippen LogP contribution >= 0.6 is 0 Å². The van der Waals surface area contributed by atoms with Crippen molar-refractivity contribution < 1.29 is 4.21 Å². The molecular weight excluding hydrogens is 204 g/mol. The summed E-state index contributed by atoms with van der Waals surface area (Å²) < 4.78 is 11.8. The summed E-state index contributed by atoms with van der Waals surface area (Å²) in [5.74, 6) is 0.813. The van der Waals surface area contributed by atoms with Gasteiger partial charge in [-0.05, 0) is 18.6 Å². The molecular formula is C13H20OS. The van der Waals surface area contributed by atoms with Crippen molar-refractivity contribution in [1.82, 2.24) is 0 Å². The highest BCUT2D eigenvalue weighted by molar-refractivity contribution is 7.85. The van der Waals surface area contributed by atoms with Gasteiger partial charge < -0.3 is 0 Å². The molecule has 0 amide bonds. The molecule has 1 atom stereocenters. The summed E-state index contributed by atoms with van der Waals surface area (Å²) >= 11 is 0. The van der Waals surface area contributed by atoms with Crippen molar-refractivity contribution in [2.45, 2.75) is 43.9 Å². The summed E-state index contributed by atoms with van der Waals surface area (Å²) in [6.07, 6.45) is 6.15. The molecule has 0 aliphatic carbocycles. The first-order valence-corrected chi connectivity index (χ1v) is 7.10. The van der Waals surface area contributed by atoms with Crippen molar-refractivity contribution in [3.05, 3.63) is 30.3 Å². The monoisotopic (exact) mass is 224 g/mol. The predicted molar refractivity (Wildman–Crippen MR) is 66.5 cm³/mol. The Bertz CT molecular complexity index is 282. The van der Waals surface area contributed by atoms with Crippen LogP contribution in [0.1, 0.15) is 39.0 Å². The molecule has 0 aliphatic heterocycles. The molecule has 0 radical (unpaired) electrons. The third-order valence-corrected chi connectivity index (χ3v) is 3.90. The molecule has 2 heteroatoms. The molecule has 0 N–H and O–H groups in total. The minimum atomic E-state index is -0.789. The van der Waals surface area contributed by atoms with E-state index in [9.17, 15) is 4.21 Å². The highest BCUT2D eigenvalue weighted by Crippen LogP contribution is 2.09. The lowest BCUT2D eigenvalue weighted by Gasteiger charge is -2.01. The highest BCUT2D eigenvalue weighted by Gasteiger charge is 2.01. The van der Waals surface area contributed by atoms with Gasteiger partial charge in [-0.15, -0.1) is 0 Å². The van der Waals surface area contributed by atoms with Crippen molar-refractivity contribution in [3.63, 3.8) is 0 Å². The van der Waals surface area contributed by atoms with E-state index in [4.69, 9.17) is 0 Å². The molecule has 0 heterocycles. The van der Waals surface area contributed by atoms with E-state index < -0.39 is 10.8 Å². The van der Waals surface area contributed by atoms with Crippen LogP contribution < -0.4 is 0 Å². The van der Waals surface area contributed by atoms with Crippen LogP contribution in [0.4, 0.5) is 0 Å². The van der Waals surface area contributed by atoms with Gasteiger partial charge in [0.25, 0.3) is 0 Å². The Kier molecular flexibility index (Phi) is 6.33. The van der Waals surface area contributed by atoms with Crippen LogP contribution in [0.25, 0.3) is 0 Å². The SMILES string of the molecule is CCCCCCCS(=O)c1ccccc1. The Morgan fingerprint density at radius 3 is 2.33 bits per heavy atom. The van der Waals surface area contributed by atoms with Crippen LogP contribution in [0, 0.1) is 0 Å². The average Bonchev–Trinajstić information content (AvgIpc) is 2.30. The normalized spacial score (nSPS) is 12.6. The fourth-order valence-electron chi connectivity index (χ4n) is 1.53. The number of hydrogen-bond acceptors (Lipinski definition) is 1.